The molecule has 1 aliphatic rings. The van der Waals surface area contributed by atoms with Crippen molar-refractivity contribution < 1.29 is 19.7 Å². The Hall–Kier alpha value is -0.810. The highest BCUT2D eigenvalue weighted by Gasteiger charge is 2.38. The Morgan fingerprint density at radius 1 is 1.39 bits per heavy atom. The van der Waals surface area contributed by atoms with E-state index < -0.39 is 11.7 Å². The van der Waals surface area contributed by atoms with Gasteiger partial charge in [-0.15, -0.1) is 0 Å². The number of ether oxygens (including phenoxy) is 1. The Balaban J connectivity index is 2.44. The molecular weight excluding hydrogens is 234 g/mol. The van der Waals surface area contributed by atoms with Crippen LogP contribution in [0, 0.1) is 5.41 Å². The van der Waals surface area contributed by atoms with Crippen molar-refractivity contribution in [1.29, 1.82) is 0 Å². The topological polar surface area (TPSA) is 78.8 Å². The van der Waals surface area contributed by atoms with Crippen molar-refractivity contribution >= 4 is 6.09 Å². The first-order valence-corrected chi connectivity index (χ1v) is 6.51. The normalized spacial score (nSPS) is 19.8. The van der Waals surface area contributed by atoms with Crippen LogP contribution in [0.15, 0.2) is 0 Å². The molecule has 106 valence electrons. The fourth-order valence-electron chi connectivity index (χ4n) is 2.26. The third kappa shape index (κ3) is 4.46. The molecule has 0 saturated heterocycles. The minimum Gasteiger partial charge on any atom is -0.444 e. The molecular formula is C13H25NO4. The third-order valence-corrected chi connectivity index (χ3v) is 3.37. The molecule has 1 amide bonds. The van der Waals surface area contributed by atoms with E-state index in [1.807, 2.05) is 0 Å². The third-order valence-electron chi connectivity index (χ3n) is 3.37. The quantitative estimate of drug-likeness (QED) is 0.698. The van der Waals surface area contributed by atoms with Crippen molar-refractivity contribution in [3.63, 3.8) is 0 Å². The van der Waals surface area contributed by atoms with Crippen molar-refractivity contribution in [2.75, 3.05) is 13.2 Å². The smallest absolute Gasteiger partial charge is 0.407 e. The van der Waals surface area contributed by atoms with Crippen LogP contribution in [0.1, 0.15) is 46.5 Å². The van der Waals surface area contributed by atoms with E-state index in [1.165, 1.54) is 0 Å². The zero-order valence-corrected chi connectivity index (χ0v) is 11.5. The van der Waals surface area contributed by atoms with Crippen LogP contribution in [0.5, 0.6) is 0 Å². The van der Waals surface area contributed by atoms with Gasteiger partial charge in [-0.2, -0.15) is 0 Å². The largest absolute Gasteiger partial charge is 0.444 e. The first-order valence-electron chi connectivity index (χ1n) is 6.51. The van der Waals surface area contributed by atoms with Gasteiger partial charge in [0.15, 0.2) is 0 Å². The molecule has 3 N–H and O–H groups in total. The lowest BCUT2D eigenvalue weighted by Gasteiger charge is -2.42. The molecule has 18 heavy (non-hydrogen) atoms. The van der Waals surface area contributed by atoms with E-state index in [9.17, 15) is 15.0 Å². The monoisotopic (exact) mass is 259 g/mol. The first-order chi connectivity index (χ1) is 8.30. The maximum atomic E-state index is 11.6. The summed E-state index contributed by atoms with van der Waals surface area (Å²) in [5.41, 5.74) is -0.669. The van der Waals surface area contributed by atoms with Gasteiger partial charge in [0.25, 0.3) is 0 Å². The number of amides is 1. The van der Waals surface area contributed by atoms with E-state index in [4.69, 9.17) is 4.74 Å². The Morgan fingerprint density at radius 3 is 2.33 bits per heavy atom. The van der Waals surface area contributed by atoms with Crippen molar-refractivity contribution in [3.8, 4) is 0 Å². The highest BCUT2D eigenvalue weighted by Crippen LogP contribution is 2.44. The van der Waals surface area contributed by atoms with E-state index in [0.29, 0.717) is 6.42 Å². The summed E-state index contributed by atoms with van der Waals surface area (Å²) in [6, 6.07) is -0.354. The minimum absolute atomic E-state index is 0.111. The van der Waals surface area contributed by atoms with Crippen molar-refractivity contribution in [1.82, 2.24) is 5.32 Å². The summed E-state index contributed by atoms with van der Waals surface area (Å²) < 4.78 is 5.15. The second-order valence-electron chi connectivity index (χ2n) is 6.24. The molecule has 0 aliphatic heterocycles. The molecule has 0 radical (unpaired) electrons. The van der Waals surface area contributed by atoms with Crippen LogP contribution >= 0.6 is 0 Å². The van der Waals surface area contributed by atoms with E-state index in [0.717, 1.165) is 19.3 Å². The fraction of sp³-hybridized carbons (Fsp3) is 0.923. The lowest BCUT2D eigenvalue weighted by molar-refractivity contribution is 0.0126. The number of rotatable bonds is 5. The van der Waals surface area contributed by atoms with E-state index >= 15 is 0 Å². The molecule has 5 heteroatoms. The van der Waals surface area contributed by atoms with Gasteiger partial charge in [0.2, 0.25) is 0 Å². The van der Waals surface area contributed by atoms with Crippen LogP contribution in [0.3, 0.4) is 0 Å². The predicted molar refractivity (Wildman–Crippen MR) is 68.2 cm³/mol. The number of carbonyl (C=O) groups excluding carboxylic acids is 1. The number of hydrogen-bond acceptors (Lipinski definition) is 4. The van der Waals surface area contributed by atoms with Gasteiger partial charge in [-0.3, -0.25) is 0 Å². The minimum atomic E-state index is -0.546. The molecule has 0 aromatic rings. The van der Waals surface area contributed by atoms with Crippen LogP contribution in [0.4, 0.5) is 4.79 Å². The fourth-order valence-corrected chi connectivity index (χ4v) is 2.26. The summed E-state index contributed by atoms with van der Waals surface area (Å²) in [5, 5.41) is 21.3. The molecule has 1 fully saturated rings. The van der Waals surface area contributed by atoms with Crippen LogP contribution in [0.25, 0.3) is 0 Å². The maximum Gasteiger partial charge on any atom is 0.407 e. The highest BCUT2D eigenvalue weighted by molar-refractivity contribution is 5.68. The second kappa shape index (κ2) is 5.89. The summed E-state index contributed by atoms with van der Waals surface area (Å²) in [4.78, 5) is 11.6. The number of aliphatic hydroxyl groups excluding tert-OH is 2. The average molecular weight is 259 g/mol. The van der Waals surface area contributed by atoms with Crippen LogP contribution in [0.2, 0.25) is 0 Å². The molecule has 0 bridgehead atoms. The number of hydrogen-bond donors (Lipinski definition) is 3. The molecule has 0 spiro atoms. The average Bonchev–Trinajstić information content (AvgIpc) is 2.19. The summed E-state index contributed by atoms with van der Waals surface area (Å²) in [7, 11) is 0. The zero-order valence-electron chi connectivity index (χ0n) is 11.5. The summed E-state index contributed by atoms with van der Waals surface area (Å²) >= 11 is 0. The summed E-state index contributed by atoms with van der Waals surface area (Å²) in [6.45, 7) is 5.35. The van der Waals surface area contributed by atoms with Gasteiger partial charge >= 0.3 is 6.09 Å². The zero-order chi connectivity index (χ0) is 13.8. The first kappa shape index (κ1) is 15.2. The summed E-state index contributed by atoms with van der Waals surface area (Å²) in [6.07, 6.45) is 3.09. The van der Waals surface area contributed by atoms with E-state index in [2.05, 4.69) is 5.32 Å². The van der Waals surface area contributed by atoms with Gasteiger partial charge in [-0.05, 0) is 45.4 Å². The molecule has 1 unspecified atom stereocenters. The number of alkyl carbamates (subject to hydrolysis) is 1. The number of aliphatic hydroxyl groups is 2. The van der Waals surface area contributed by atoms with Gasteiger partial charge in [0.05, 0.1) is 12.6 Å². The number of carbonyl (C=O) groups is 1. The standard InChI is InChI=1S/C13H25NO4/c1-12(2,3)18-11(17)14-10(8-15)7-13(9-16)5-4-6-13/h10,15-16H,4-9H2,1-3H3,(H,14,17). The van der Waals surface area contributed by atoms with Crippen LogP contribution < -0.4 is 5.32 Å². The second-order valence-corrected chi connectivity index (χ2v) is 6.24. The maximum absolute atomic E-state index is 11.6. The number of nitrogens with one attached hydrogen (secondary N) is 1. The lowest BCUT2D eigenvalue weighted by atomic mass is 9.66. The summed E-state index contributed by atoms with van der Waals surface area (Å²) in [5.74, 6) is 0. The highest BCUT2D eigenvalue weighted by atomic mass is 16.6. The Bertz CT molecular complexity index is 276. The predicted octanol–water partition coefficient (Wildman–Crippen LogP) is 1.42. The van der Waals surface area contributed by atoms with E-state index in [-0.39, 0.29) is 24.7 Å². The van der Waals surface area contributed by atoms with Gasteiger partial charge in [0, 0.05) is 6.61 Å². The van der Waals surface area contributed by atoms with Crippen molar-refractivity contribution in [2.45, 2.75) is 58.1 Å². The molecule has 0 aromatic heterocycles. The van der Waals surface area contributed by atoms with Gasteiger partial charge < -0.3 is 20.3 Å². The van der Waals surface area contributed by atoms with Gasteiger partial charge in [0.1, 0.15) is 5.60 Å². The van der Waals surface area contributed by atoms with Crippen molar-refractivity contribution in [3.05, 3.63) is 0 Å². The molecule has 0 heterocycles. The Morgan fingerprint density at radius 2 is 2.00 bits per heavy atom. The van der Waals surface area contributed by atoms with E-state index in [1.54, 1.807) is 20.8 Å². The molecule has 1 rings (SSSR count). The Labute approximate surface area is 109 Å². The SMILES string of the molecule is CC(C)(C)OC(=O)NC(CO)CC1(CO)CCC1. The Kier molecular flexibility index (Phi) is 4.99. The van der Waals surface area contributed by atoms with Gasteiger partial charge in [-0.1, -0.05) is 6.42 Å². The van der Waals surface area contributed by atoms with Crippen molar-refractivity contribution in [2.24, 2.45) is 5.41 Å². The van der Waals surface area contributed by atoms with Crippen LogP contribution in [-0.4, -0.2) is 41.2 Å². The molecule has 0 aromatic carbocycles. The molecule has 1 saturated carbocycles. The molecule has 5 nitrogen and oxygen atoms in total. The van der Waals surface area contributed by atoms with Crippen LogP contribution in [-0.2, 0) is 4.74 Å². The molecule has 1 atom stereocenters. The molecule has 1 aliphatic carbocycles. The lowest BCUT2D eigenvalue weighted by Crippen LogP contribution is -2.46. The van der Waals surface area contributed by atoms with Gasteiger partial charge in [-0.25, -0.2) is 4.79 Å².